The number of anilines is 1. The molecule has 0 fully saturated rings. The number of carbonyl (C=O) groups excluding carboxylic acids is 1. The van der Waals surface area contributed by atoms with Gasteiger partial charge in [0.15, 0.2) is 11.4 Å². The van der Waals surface area contributed by atoms with Gasteiger partial charge in [0.25, 0.3) is 0 Å². The molecule has 0 saturated heterocycles. The maximum Gasteiger partial charge on any atom is 0.195 e. The van der Waals surface area contributed by atoms with Crippen LogP contribution in [0.2, 0.25) is 0 Å². The number of hydrogen-bond acceptors (Lipinski definition) is 5. The first-order valence-corrected chi connectivity index (χ1v) is 4.78. The summed E-state index contributed by atoms with van der Waals surface area (Å²) in [5.41, 5.74) is 0. The van der Waals surface area contributed by atoms with E-state index in [0.717, 1.165) is 17.2 Å². The molecule has 2 aromatic rings. The number of carbonyl (C=O) groups is 1. The highest BCUT2D eigenvalue weighted by molar-refractivity contribution is 7.15. The lowest BCUT2D eigenvalue weighted by molar-refractivity contribution is 0.112. The van der Waals surface area contributed by atoms with Crippen LogP contribution < -0.4 is 5.32 Å². The normalized spacial score (nSPS) is 10.1. The van der Waals surface area contributed by atoms with E-state index in [-0.39, 0.29) is 0 Å². The highest BCUT2D eigenvalue weighted by atomic mass is 32.1. The average Bonchev–Trinajstić information content (AvgIpc) is 2.86. The molecule has 1 N–H and O–H groups in total. The summed E-state index contributed by atoms with van der Waals surface area (Å²) in [6.07, 6.45) is 5.80. The SMILES string of the molecule is CNc1cn(-c2ncc(C=O)s2)cn1. The van der Waals surface area contributed by atoms with Crippen molar-refractivity contribution in [3.63, 3.8) is 0 Å². The molecule has 2 aromatic heterocycles. The molecule has 0 spiro atoms. The van der Waals surface area contributed by atoms with E-state index >= 15 is 0 Å². The lowest BCUT2D eigenvalue weighted by atomic mass is 10.6. The minimum Gasteiger partial charge on any atom is -0.372 e. The Morgan fingerprint density at radius 3 is 3.00 bits per heavy atom. The van der Waals surface area contributed by atoms with Crippen LogP contribution in [0.5, 0.6) is 0 Å². The molecule has 0 aromatic carbocycles. The Labute approximate surface area is 84.4 Å². The third-order valence-corrected chi connectivity index (χ3v) is 2.62. The molecule has 2 rings (SSSR count). The summed E-state index contributed by atoms with van der Waals surface area (Å²) in [7, 11) is 1.80. The molecule has 0 atom stereocenters. The van der Waals surface area contributed by atoms with Crippen LogP contribution in [-0.2, 0) is 0 Å². The van der Waals surface area contributed by atoms with Crippen LogP contribution in [-0.4, -0.2) is 27.9 Å². The van der Waals surface area contributed by atoms with E-state index in [9.17, 15) is 4.79 Å². The van der Waals surface area contributed by atoms with Gasteiger partial charge in [0.05, 0.1) is 17.3 Å². The number of rotatable bonds is 3. The Bertz CT molecular complexity index is 448. The lowest BCUT2D eigenvalue weighted by Crippen LogP contribution is -1.88. The third kappa shape index (κ3) is 1.51. The van der Waals surface area contributed by atoms with Crippen molar-refractivity contribution in [2.45, 2.75) is 0 Å². The van der Waals surface area contributed by atoms with Crippen LogP contribution in [0.4, 0.5) is 5.82 Å². The van der Waals surface area contributed by atoms with Gasteiger partial charge in [-0.15, -0.1) is 0 Å². The number of imidazole rings is 1. The first-order chi connectivity index (χ1) is 6.83. The van der Waals surface area contributed by atoms with E-state index in [0.29, 0.717) is 4.88 Å². The van der Waals surface area contributed by atoms with Crippen molar-refractivity contribution in [3.8, 4) is 5.13 Å². The molecule has 0 amide bonds. The highest BCUT2D eigenvalue weighted by Gasteiger charge is 2.04. The van der Waals surface area contributed by atoms with Crippen LogP contribution in [0.1, 0.15) is 9.67 Å². The fourth-order valence-electron chi connectivity index (χ4n) is 1.01. The zero-order valence-corrected chi connectivity index (χ0v) is 8.28. The Hall–Kier alpha value is -1.69. The van der Waals surface area contributed by atoms with Gasteiger partial charge in [-0.2, -0.15) is 0 Å². The van der Waals surface area contributed by atoms with Crippen LogP contribution in [0, 0.1) is 0 Å². The number of aldehydes is 1. The smallest absolute Gasteiger partial charge is 0.195 e. The van der Waals surface area contributed by atoms with Crippen molar-refractivity contribution in [2.24, 2.45) is 0 Å². The Kier molecular flexibility index (Phi) is 2.28. The van der Waals surface area contributed by atoms with E-state index in [1.54, 1.807) is 24.1 Å². The van der Waals surface area contributed by atoms with E-state index in [1.807, 2.05) is 6.20 Å². The van der Waals surface area contributed by atoms with Gasteiger partial charge in [-0.25, -0.2) is 9.97 Å². The van der Waals surface area contributed by atoms with Crippen molar-refractivity contribution in [2.75, 3.05) is 12.4 Å². The van der Waals surface area contributed by atoms with E-state index in [2.05, 4.69) is 15.3 Å². The summed E-state index contributed by atoms with van der Waals surface area (Å²) in [6, 6.07) is 0. The van der Waals surface area contributed by atoms with Gasteiger partial charge in [-0.05, 0) is 0 Å². The molecule has 0 unspecified atom stereocenters. The van der Waals surface area contributed by atoms with E-state index in [4.69, 9.17) is 0 Å². The number of hydrogen-bond donors (Lipinski definition) is 1. The molecule has 0 saturated carbocycles. The summed E-state index contributed by atoms with van der Waals surface area (Å²) in [6.45, 7) is 0. The zero-order chi connectivity index (χ0) is 9.97. The first kappa shape index (κ1) is 8.89. The highest BCUT2D eigenvalue weighted by Crippen LogP contribution is 2.16. The second-order valence-electron chi connectivity index (χ2n) is 2.58. The maximum absolute atomic E-state index is 10.4. The first-order valence-electron chi connectivity index (χ1n) is 3.96. The minimum absolute atomic E-state index is 0.611. The standard InChI is InChI=1S/C8H8N4OS/c1-9-7-3-12(5-11-7)8-10-2-6(4-13)14-8/h2-5,9H,1H3. The monoisotopic (exact) mass is 208 g/mol. The van der Waals surface area contributed by atoms with Crippen molar-refractivity contribution in [3.05, 3.63) is 23.6 Å². The van der Waals surface area contributed by atoms with Crippen LogP contribution in [0.3, 0.4) is 0 Å². The average molecular weight is 208 g/mol. The van der Waals surface area contributed by atoms with Crippen LogP contribution >= 0.6 is 11.3 Å². The van der Waals surface area contributed by atoms with Gasteiger partial charge in [-0.1, -0.05) is 11.3 Å². The molecule has 6 heteroatoms. The summed E-state index contributed by atoms with van der Waals surface area (Å²) >= 11 is 1.33. The number of thiazole rings is 1. The molecule has 0 aliphatic heterocycles. The molecule has 2 heterocycles. The largest absolute Gasteiger partial charge is 0.372 e. The second-order valence-corrected chi connectivity index (χ2v) is 3.62. The molecular formula is C8H8N4OS. The van der Waals surface area contributed by atoms with Crippen LogP contribution in [0.15, 0.2) is 18.7 Å². The number of nitrogens with zero attached hydrogens (tertiary/aromatic N) is 3. The molecule has 0 radical (unpaired) electrons. The predicted octanol–water partition coefficient (Wildman–Crippen LogP) is 1.18. The van der Waals surface area contributed by atoms with Gasteiger partial charge in [0, 0.05) is 7.05 Å². The van der Waals surface area contributed by atoms with Crippen LogP contribution in [0.25, 0.3) is 5.13 Å². The zero-order valence-electron chi connectivity index (χ0n) is 7.47. The summed E-state index contributed by atoms with van der Waals surface area (Å²) in [5.74, 6) is 0.771. The second kappa shape index (κ2) is 3.59. The Balaban J connectivity index is 2.33. The molecule has 0 bridgehead atoms. The number of nitrogens with one attached hydrogen (secondary N) is 1. The van der Waals surface area contributed by atoms with Crippen molar-refractivity contribution in [1.29, 1.82) is 0 Å². The van der Waals surface area contributed by atoms with Gasteiger partial charge in [0.1, 0.15) is 12.1 Å². The maximum atomic E-state index is 10.4. The van der Waals surface area contributed by atoms with Gasteiger partial charge < -0.3 is 5.32 Å². The van der Waals surface area contributed by atoms with Crippen molar-refractivity contribution >= 4 is 23.4 Å². The number of aromatic nitrogens is 3. The van der Waals surface area contributed by atoms with Crippen molar-refractivity contribution in [1.82, 2.24) is 14.5 Å². The quantitative estimate of drug-likeness (QED) is 0.769. The van der Waals surface area contributed by atoms with E-state index in [1.165, 1.54) is 11.3 Å². The summed E-state index contributed by atoms with van der Waals surface area (Å²) < 4.78 is 1.77. The van der Waals surface area contributed by atoms with Gasteiger partial charge in [-0.3, -0.25) is 9.36 Å². The molecule has 0 aliphatic rings. The molecule has 5 nitrogen and oxygen atoms in total. The van der Waals surface area contributed by atoms with E-state index < -0.39 is 0 Å². The summed E-state index contributed by atoms with van der Waals surface area (Å²) in [5, 5.41) is 3.65. The molecule has 72 valence electrons. The molecule has 14 heavy (non-hydrogen) atoms. The Morgan fingerprint density at radius 1 is 1.57 bits per heavy atom. The topological polar surface area (TPSA) is 59.8 Å². The van der Waals surface area contributed by atoms with Gasteiger partial charge >= 0.3 is 0 Å². The fraction of sp³-hybridized carbons (Fsp3) is 0.125. The lowest BCUT2D eigenvalue weighted by Gasteiger charge is -1.92. The van der Waals surface area contributed by atoms with Gasteiger partial charge in [0.2, 0.25) is 0 Å². The Morgan fingerprint density at radius 2 is 2.43 bits per heavy atom. The minimum atomic E-state index is 0.611. The molecular weight excluding hydrogens is 200 g/mol. The summed E-state index contributed by atoms with van der Waals surface area (Å²) in [4.78, 5) is 19.2. The predicted molar refractivity (Wildman–Crippen MR) is 54.2 cm³/mol. The van der Waals surface area contributed by atoms with Crippen molar-refractivity contribution < 1.29 is 4.79 Å². The fourth-order valence-corrected chi connectivity index (χ4v) is 1.68. The third-order valence-electron chi connectivity index (χ3n) is 1.69. The molecule has 0 aliphatic carbocycles.